The summed E-state index contributed by atoms with van der Waals surface area (Å²) in [6, 6.07) is 7.53. The number of rotatable bonds is 6. The maximum Gasteiger partial charge on any atom is 0.246 e. The minimum Gasteiger partial charge on any atom is -0.392 e. The van der Waals surface area contributed by atoms with Crippen molar-refractivity contribution in [3.8, 4) is 0 Å². The Morgan fingerprint density at radius 2 is 2.10 bits per heavy atom. The third-order valence-electron chi connectivity index (χ3n) is 3.40. The summed E-state index contributed by atoms with van der Waals surface area (Å²) >= 11 is 0. The highest BCUT2D eigenvalue weighted by Crippen LogP contribution is 2.07. The Hall–Kier alpha value is -1.43. The standard InChI is InChI=1S/C15H22N2O3/c18-10-13-3-1-2-12(8-13)9-17-15(19)11-20-14-4-6-16-7-5-14/h1-3,8,14,16,18H,4-7,9-11H2,(H,17,19). The molecule has 1 aromatic rings. The zero-order valence-electron chi connectivity index (χ0n) is 11.6. The minimum absolute atomic E-state index is 0.0145. The molecule has 0 aromatic heterocycles. The zero-order chi connectivity index (χ0) is 14.2. The molecule has 0 saturated carbocycles. The molecule has 0 spiro atoms. The number of hydrogen-bond donors (Lipinski definition) is 3. The second-order valence-electron chi connectivity index (χ2n) is 5.02. The molecule has 0 radical (unpaired) electrons. The molecule has 1 aliphatic rings. The number of hydrogen-bond acceptors (Lipinski definition) is 4. The number of ether oxygens (including phenoxy) is 1. The molecule has 1 saturated heterocycles. The summed E-state index contributed by atoms with van der Waals surface area (Å²) in [6.07, 6.45) is 2.12. The number of nitrogens with one attached hydrogen (secondary N) is 2. The maximum atomic E-state index is 11.7. The lowest BCUT2D eigenvalue weighted by molar-refractivity contribution is -0.128. The van der Waals surface area contributed by atoms with E-state index in [1.165, 1.54) is 0 Å². The predicted molar refractivity (Wildman–Crippen MR) is 76.1 cm³/mol. The highest BCUT2D eigenvalue weighted by molar-refractivity contribution is 5.77. The summed E-state index contributed by atoms with van der Waals surface area (Å²) < 4.78 is 5.59. The van der Waals surface area contributed by atoms with Crippen LogP contribution in [0.2, 0.25) is 0 Å². The van der Waals surface area contributed by atoms with Crippen LogP contribution in [0, 0.1) is 0 Å². The van der Waals surface area contributed by atoms with E-state index in [2.05, 4.69) is 10.6 Å². The van der Waals surface area contributed by atoms with Gasteiger partial charge < -0.3 is 20.5 Å². The van der Waals surface area contributed by atoms with E-state index in [0.717, 1.165) is 37.1 Å². The fraction of sp³-hybridized carbons (Fsp3) is 0.533. The Labute approximate surface area is 119 Å². The van der Waals surface area contributed by atoms with Gasteiger partial charge in [-0.1, -0.05) is 24.3 Å². The van der Waals surface area contributed by atoms with Gasteiger partial charge in [0.25, 0.3) is 0 Å². The SMILES string of the molecule is O=C(COC1CCNCC1)NCc1cccc(CO)c1. The molecule has 110 valence electrons. The molecule has 0 bridgehead atoms. The van der Waals surface area contributed by atoms with Crippen molar-refractivity contribution in [2.45, 2.75) is 32.1 Å². The van der Waals surface area contributed by atoms with Crippen LogP contribution in [0.4, 0.5) is 0 Å². The third kappa shape index (κ3) is 4.92. The molecule has 1 heterocycles. The fourth-order valence-corrected chi connectivity index (χ4v) is 2.25. The minimum atomic E-state index is -0.0991. The molecule has 0 unspecified atom stereocenters. The quantitative estimate of drug-likeness (QED) is 0.711. The Morgan fingerprint density at radius 1 is 1.35 bits per heavy atom. The van der Waals surface area contributed by atoms with Gasteiger partial charge in [-0.25, -0.2) is 0 Å². The van der Waals surface area contributed by atoms with E-state index in [4.69, 9.17) is 9.84 Å². The van der Waals surface area contributed by atoms with Gasteiger partial charge in [-0.2, -0.15) is 0 Å². The van der Waals surface area contributed by atoms with Crippen molar-refractivity contribution < 1.29 is 14.6 Å². The van der Waals surface area contributed by atoms with Crippen molar-refractivity contribution in [1.29, 1.82) is 0 Å². The van der Waals surface area contributed by atoms with Crippen molar-refractivity contribution >= 4 is 5.91 Å². The highest BCUT2D eigenvalue weighted by atomic mass is 16.5. The van der Waals surface area contributed by atoms with Gasteiger partial charge in [0.1, 0.15) is 6.61 Å². The van der Waals surface area contributed by atoms with Crippen LogP contribution < -0.4 is 10.6 Å². The van der Waals surface area contributed by atoms with Crippen molar-refractivity contribution in [3.05, 3.63) is 35.4 Å². The van der Waals surface area contributed by atoms with Crippen LogP contribution in [0.15, 0.2) is 24.3 Å². The van der Waals surface area contributed by atoms with E-state index in [0.29, 0.717) is 6.54 Å². The average Bonchev–Trinajstić information content (AvgIpc) is 2.52. The summed E-state index contributed by atoms with van der Waals surface area (Å²) in [7, 11) is 0. The first-order valence-corrected chi connectivity index (χ1v) is 7.05. The zero-order valence-corrected chi connectivity index (χ0v) is 11.6. The Bertz CT molecular complexity index is 431. The van der Waals surface area contributed by atoms with Gasteiger partial charge in [-0.15, -0.1) is 0 Å². The Morgan fingerprint density at radius 3 is 2.85 bits per heavy atom. The number of piperidine rings is 1. The van der Waals surface area contributed by atoms with Crippen molar-refractivity contribution in [3.63, 3.8) is 0 Å². The van der Waals surface area contributed by atoms with E-state index in [1.54, 1.807) is 0 Å². The monoisotopic (exact) mass is 278 g/mol. The van der Waals surface area contributed by atoms with E-state index < -0.39 is 0 Å². The number of carbonyl (C=O) groups excluding carboxylic acids is 1. The molecule has 1 aromatic carbocycles. The summed E-state index contributed by atoms with van der Waals surface area (Å²) in [5, 5.41) is 15.1. The van der Waals surface area contributed by atoms with Gasteiger partial charge in [-0.3, -0.25) is 4.79 Å². The third-order valence-corrected chi connectivity index (χ3v) is 3.40. The summed E-state index contributed by atoms with van der Waals surface area (Å²) in [5.41, 5.74) is 1.83. The second-order valence-corrected chi connectivity index (χ2v) is 5.02. The normalized spacial score (nSPS) is 16.1. The number of carbonyl (C=O) groups is 1. The van der Waals surface area contributed by atoms with Crippen molar-refractivity contribution in [2.75, 3.05) is 19.7 Å². The predicted octanol–water partition coefficient (Wildman–Crippen LogP) is 0.564. The molecule has 3 N–H and O–H groups in total. The van der Waals surface area contributed by atoms with E-state index in [1.807, 2.05) is 24.3 Å². The number of aliphatic hydroxyl groups is 1. The molecular weight excluding hydrogens is 256 g/mol. The van der Waals surface area contributed by atoms with Crippen LogP contribution in [-0.2, 0) is 22.7 Å². The van der Waals surface area contributed by atoms with Crippen LogP contribution in [0.25, 0.3) is 0 Å². The van der Waals surface area contributed by atoms with Crippen molar-refractivity contribution in [1.82, 2.24) is 10.6 Å². The molecular formula is C15H22N2O3. The molecule has 2 rings (SSSR count). The number of amides is 1. The van der Waals surface area contributed by atoms with E-state index in [-0.39, 0.29) is 25.2 Å². The first-order valence-electron chi connectivity index (χ1n) is 7.05. The van der Waals surface area contributed by atoms with Crippen molar-refractivity contribution in [2.24, 2.45) is 0 Å². The van der Waals surface area contributed by atoms with Crippen LogP contribution in [0.1, 0.15) is 24.0 Å². The summed E-state index contributed by atoms with van der Waals surface area (Å²) in [4.78, 5) is 11.7. The molecule has 1 aliphatic heterocycles. The smallest absolute Gasteiger partial charge is 0.246 e. The van der Waals surface area contributed by atoms with Gasteiger partial charge in [0.05, 0.1) is 12.7 Å². The molecule has 1 amide bonds. The van der Waals surface area contributed by atoms with Gasteiger partial charge in [0.2, 0.25) is 5.91 Å². The number of aliphatic hydroxyl groups excluding tert-OH is 1. The molecule has 5 nitrogen and oxygen atoms in total. The van der Waals surface area contributed by atoms with Crippen LogP contribution in [0.3, 0.4) is 0 Å². The topological polar surface area (TPSA) is 70.6 Å². The summed E-state index contributed by atoms with van der Waals surface area (Å²) in [6.45, 7) is 2.51. The molecule has 0 aliphatic carbocycles. The number of benzene rings is 1. The fourth-order valence-electron chi connectivity index (χ4n) is 2.25. The largest absolute Gasteiger partial charge is 0.392 e. The summed E-state index contributed by atoms with van der Waals surface area (Å²) in [5.74, 6) is -0.0991. The first-order chi connectivity index (χ1) is 9.78. The van der Waals surface area contributed by atoms with Gasteiger partial charge >= 0.3 is 0 Å². The lowest BCUT2D eigenvalue weighted by atomic mass is 10.1. The lowest BCUT2D eigenvalue weighted by Gasteiger charge is -2.22. The molecule has 1 fully saturated rings. The van der Waals surface area contributed by atoms with Crippen LogP contribution in [0.5, 0.6) is 0 Å². The van der Waals surface area contributed by atoms with Crippen LogP contribution >= 0.6 is 0 Å². The lowest BCUT2D eigenvalue weighted by Crippen LogP contribution is -2.35. The highest BCUT2D eigenvalue weighted by Gasteiger charge is 2.14. The van der Waals surface area contributed by atoms with E-state index >= 15 is 0 Å². The first kappa shape index (κ1) is 15.0. The molecule has 20 heavy (non-hydrogen) atoms. The van der Waals surface area contributed by atoms with E-state index in [9.17, 15) is 4.79 Å². The van der Waals surface area contributed by atoms with Gasteiger partial charge in [-0.05, 0) is 37.1 Å². The molecule has 5 heteroatoms. The maximum absolute atomic E-state index is 11.7. The Kier molecular flexibility index (Phi) is 5.98. The van der Waals surface area contributed by atoms with Gasteiger partial charge in [0, 0.05) is 6.54 Å². The van der Waals surface area contributed by atoms with Crippen LogP contribution in [-0.4, -0.2) is 36.8 Å². The molecule has 0 atom stereocenters. The van der Waals surface area contributed by atoms with Gasteiger partial charge in [0.15, 0.2) is 0 Å². The average molecular weight is 278 g/mol. The second kappa shape index (κ2) is 7.99. The Balaban J connectivity index is 1.68.